The minimum atomic E-state index is -0.572. The van der Waals surface area contributed by atoms with Gasteiger partial charge in [-0.05, 0) is 80.4 Å². The standard InChI is InChI=1S/C53H42N4/c1-5-16-39(17-6-1)46-35-50(40-18-7-2-8-19-40)57-52(46)55-36-37-27-29-38(30-28-37)41-31-32-44-45-24-15-33-54-51(45)53(48(44)34-41,42-20-9-3-10-21-42)47-25-13-14-26-49(47)56-43-22-11-4-12-23-43/h1-32,34-35,50,54,56H,33,36H2,(H,55,57). The van der Waals surface area contributed by atoms with Crippen molar-refractivity contribution in [1.29, 1.82) is 0 Å². The van der Waals surface area contributed by atoms with E-state index in [0.717, 1.165) is 34.9 Å². The van der Waals surface area contributed by atoms with Crippen molar-refractivity contribution < 1.29 is 0 Å². The van der Waals surface area contributed by atoms with Gasteiger partial charge in [0.2, 0.25) is 0 Å². The van der Waals surface area contributed by atoms with Crippen molar-refractivity contribution in [3.8, 4) is 11.1 Å². The van der Waals surface area contributed by atoms with E-state index in [-0.39, 0.29) is 6.04 Å². The number of anilines is 2. The first-order valence-corrected chi connectivity index (χ1v) is 19.8. The highest BCUT2D eigenvalue weighted by atomic mass is 15.0. The van der Waals surface area contributed by atoms with Crippen LogP contribution in [0.3, 0.4) is 0 Å². The molecule has 2 aliphatic heterocycles. The van der Waals surface area contributed by atoms with Crippen LogP contribution in [0.15, 0.2) is 217 Å². The predicted molar refractivity (Wildman–Crippen MR) is 236 cm³/mol. The Balaban J connectivity index is 1.02. The van der Waals surface area contributed by atoms with E-state index in [1.807, 2.05) is 0 Å². The summed E-state index contributed by atoms with van der Waals surface area (Å²) in [6, 6.07) is 67.4. The SMILES string of the molecule is C1=CC2=C(NC1)C(c1ccccc1)(c1ccccc1Nc1ccccc1)c1cc(-c3ccc(CN=C4NC(c5ccccc5)C=C4c4ccccc4)cc3)ccc12. The number of amidine groups is 1. The minimum absolute atomic E-state index is 0.0808. The molecule has 2 atom stereocenters. The normalized spacial score (nSPS) is 18.7. The van der Waals surface area contributed by atoms with Crippen LogP contribution in [0.25, 0.3) is 22.3 Å². The van der Waals surface area contributed by atoms with Crippen molar-refractivity contribution in [2.75, 3.05) is 11.9 Å². The molecule has 2 unspecified atom stereocenters. The summed E-state index contributed by atoms with van der Waals surface area (Å²) in [5, 5.41) is 11.4. The zero-order chi connectivity index (χ0) is 38.0. The molecule has 0 saturated carbocycles. The van der Waals surface area contributed by atoms with Gasteiger partial charge in [0.15, 0.2) is 0 Å². The molecular weight excluding hydrogens is 693 g/mol. The van der Waals surface area contributed by atoms with E-state index in [2.05, 4.69) is 222 Å². The number of nitrogens with one attached hydrogen (secondary N) is 3. The van der Waals surface area contributed by atoms with Gasteiger partial charge in [-0.2, -0.15) is 0 Å². The molecule has 0 saturated heterocycles. The Morgan fingerprint density at radius 2 is 1.28 bits per heavy atom. The van der Waals surface area contributed by atoms with Crippen LogP contribution in [0.2, 0.25) is 0 Å². The molecular formula is C53H42N4. The van der Waals surface area contributed by atoms with Crippen molar-refractivity contribution in [2.45, 2.75) is 18.0 Å². The van der Waals surface area contributed by atoms with Gasteiger partial charge in [-0.15, -0.1) is 0 Å². The summed E-state index contributed by atoms with van der Waals surface area (Å²) in [4.78, 5) is 5.15. The van der Waals surface area contributed by atoms with Gasteiger partial charge in [0, 0.05) is 34.8 Å². The third kappa shape index (κ3) is 6.26. The monoisotopic (exact) mass is 734 g/mol. The van der Waals surface area contributed by atoms with Crippen LogP contribution < -0.4 is 16.0 Å². The third-order valence-corrected chi connectivity index (χ3v) is 11.5. The number of allylic oxidation sites excluding steroid dienone is 3. The molecule has 7 aromatic carbocycles. The highest BCUT2D eigenvalue weighted by molar-refractivity contribution is 6.25. The summed E-state index contributed by atoms with van der Waals surface area (Å²) in [7, 11) is 0. The van der Waals surface area contributed by atoms with Gasteiger partial charge in [0.1, 0.15) is 5.84 Å². The summed E-state index contributed by atoms with van der Waals surface area (Å²) in [6.45, 7) is 1.36. The zero-order valence-electron chi connectivity index (χ0n) is 31.6. The number of hydrogen-bond donors (Lipinski definition) is 3. The van der Waals surface area contributed by atoms with E-state index in [9.17, 15) is 0 Å². The van der Waals surface area contributed by atoms with Crippen molar-refractivity contribution in [2.24, 2.45) is 4.99 Å². The Kier molecular flexibility index (Phi) is 8.92. The lowest BCUT2D eigenvalue weighted by Gasteiger charge is -2.38. The molecule has 0 bridgehead atoms. The Hall–Kier alpha value is -7.17. The van der Waals surface area contributed by atoms with Gasteiger partial charge in [-0.25, -0.2) is 0 Å². The average molecular weight is 735 g/mol. The molecule has 3 aliphatic rings. The summed E-state index contributed by atoms with van der Waals surface area (Å²) in [6.07, 6.45) is 6.83. The molecule has 4 heteroatoms. The van der Waals surface area contributed by atoms with Crippen LogP contribution in [0, 0.1) is 0 Å². The lowest BCUT2D eigenvalue weighted by Crippen LogP contribution is -2.37. The molecule has 0 amide bonds. The largest absolute Gasteiger partial charge is 0.383 e. The maximum atomic E-state index is 5.15. The fraction of sp³-hybridized carbons (Fsp3) is 0.0755. The third-order valence-electron chi connectivity index (χ3n) is 11.5. The van der Waals surface area contributed by atoms with Gasteiger partial charge in [-0.3, -0.25) is 4.99 Å². The molecule has 274 valence electrons. The number of benzene rings is 7. The maximum absolute atomic E-state index is 5.15. The second-order valence-electron chi connectivity index (χ2n) is 14.8. The van der Waals surface area contributed by atoms with Crippen LogP contribution in [-0.4, -0.2) is 12.4 Å². The molecule has 0 radical (unpaired) electrons. The van der Waals surface area contributed by atoms with E-state index in [1.54, 1.807) is 0 Å². The van der Waals surface area contributed by atoms with Gasteiger partial charge in [0.25, 0.3) is 0 Å². The average Bonchev–Trinajstić information content (AvgIpc) is 3.85. The summed E-state index contributed by atoms with van der Waals surface area (Å²) < 4.78 is 0. The molecule has 3 N–H and O–H groups in total. The Bertz CT molecular complexity index is 2680. The van der Waals surface area contributed by atoms with Crippen molar-refractivity contribution in [1.82, 2.24) is 10.6 Å². The van der Waals surface area contributed by atoms with E-state index >= 15 is 0 Å². The van der Waals surface area contributed by atoms with Gasteiger partial charge >= 0.3 is 0 Å². The lowest BCUT2D eigenvalue weighted by molar-refractivity contribution is 0.668. The number of hydrogen-bond acceptors (Lipinski definition) is 3. The number of para-hydroxylation sites is 2. The van der Waals surface area contributed by atoms with Crippen LogP contribution >= 0.6 is 0 Å². The Morgan fingerprint density at radius 3 is 2.05 bits per heavy atom. The van der Waals surface area contributed by atoms with Gasteiger partial charge in [0.05, 0.1) is 18.0 Å². The topological polar surface area (TPSA) is 48.5 Å². The predicted octanol–water partition coefficient (Wildman–Crippen LogP) is 11.6. The maximum Gasteiger partial charge on any atom is 0.129 e. The fourth-order valence-corrected chi connectivity index (χ4v) is 8.80. The molecule has 0 aromatic heterocycles. The quantitative estimate of drug-likeness (QED) is 0.138. The molecule has 0 spiro atoms. The number of rotatable bonds is 9. The first-order chi connectivity index (χ1) is 28.3. The molecule has 4 nitrogen and oxygen atoms in total. The summed E-state index contributed by atoms with van der Waals surface area (Å²) in [5.74, 6) is 0.927. The van der Waals surface area contributed by atoms with Crippen LogP contribution in [0.5, 0.6) is 0 Å². The Morgan fingerprint density at radius 1 is 0.614 bits per heavy atom. The Labute approximate surface area is 334 Å². The highest BCUT2D eigenvalue weighted by Gasteiger charge is 2.49. The lowest BCUT2D eigenvalue weighted by atomic mass is 9.68. The van der Waals surface area contributed by atoms with E-state index in [4.69, 9.17) is 4.99 Å². The second-order valence-corrected chi connectivity index (χ2v) is 14.8. The number of nitrogens with zero attached hydrogens (tertiary/aromatic N) is 1. The van der Waals surface area contributed by atoms with Crippen LogP contribution in [0.1, 0.15) is 45.0 Å². The van der Waals surface area contributed by atoms with Gasteiger partial charge < -0.3 is 16.0 Å². The molecule has 1 aliphatic carbocycles. The fourth-order valence-electron chi connectivity index (χ4n) is 8.80. The van der Waals surface area contributed by atoms with Crippen molar-refractivity contribution >= 4 is 28.4 Å². The zero-order valence-corrected chi connectivity index (χ0v) is 31.6. The number of dihydropyridines is 1. The number of aliphatic imine (C=N–C) groups is 1. The van der Waals surface area contributed by atoms with E-state index in [0.29, 0.717) is 6.54 Å². The molecule has 7 aromatic rings. The molecule has 57 heavy (non-hydrogen) atoms. The van der Waals surface area contributed by atoms with Crippen LogP contribution in [0.4, 0.5) is 11.4 Å². The summed E-state index contributed by atoms with van der Waals surface area (Å²) in [5.41, 5.74) is 16.0. The second kappa shape index (κ2) is 14.8. The van der Waals surface area contributed by atoms with Gasteiger partial charge in [-0.1, -0.05) is 176 Å². The minimum Gasteiger partial charge on any atom is -0.383 e. The van der Waals surface area contributed by atoms with E-state index < -0.39 is 5.41 Å². The molecule has 2 heterocycles. The molecule has 10 rings (SSSR count). The van der Waals surface area contributed by atoms with Crippen LogP contribution in [-0.2, 0) is 12.0 Å². The van der Waals surface area contributed by atoms with Crippen molar-refractivity contribution in [3.63, 3.8) is 0 Å². The number of fused-ring (bicyclic) bond motifs is 2. The van der Waals surface area contributed by atoms with Crippen molar-refractivity contribution in [3.05, 3.63) is 251 Å². The highest BCUT2D eigenvalue weighted by Crippen LogP contribution is 2.56. The molecule has 0 fully saturated rings. The smallest absolute Gasteiger partial charge is 0.129 e. The van der Waals surface area contributed by atoms with E-state index in [1.165, 1.54) is 55.8 Å². The first kappa shape index (κ1) is 34.3. The first-order valence-electron chi connectivity index (χ1n) is 19.8. The summed E-state index contributed by atoms with van der Waals surface area (Å²) >= 11 is 0.